The lowest BCUT2D eigenvalue weighted by atomic mass is 10.4. The van der Waals surface area contributed by atoms with Gasteiger partial charge in [-0.2, -0.15) is 0 Å². The first-order valence-electron chi connectivity index (χ1n) is 2.42. The van der Waals surface area contributed by atoms with E-state index in [0.717, 1.165) is 6.54 Å². The summed E-state index contributed by atoms with van der Waals surface area (Å²) >= 11 is 0. The predicted octanol–water partition coefficient (Wildman–Crippen LogP) is 0.340. The van der Waals surface area contributed by atoms with Crippen LogP contribution < -0.4 is 5.43 Å². The molecule has 0 amide bonds. The molecule has 1 aliphatic rings. The van der Waals surface area contributed by atoms with Crippen LogP contribution in [0.1, 0.15) is 6.92 Å². The van der Waals surface area contributed by atoms with Crippen LogP contribution in [0.2, 0.25) is 0 Å². The van der Waals surface area contributed by atoms with Crippen LogP contribution >= 0.6 is 0 Å². The van der Waals surface area contributed by atoms with E-state index in [4.69, 9.17) is 0 Å². The van der Waals surface area contributed by atoms with E-state index in [2.05, 4.69) is 18.5 Å². The first-order valence-corrected chi connectivity index (χ1v) is 2.42. The molecule has 2 nitrogen and oxygen atoms in total. The zero-order valence-corrected chi connectivity index (χ0v) is 4.73. The van der Waals surface area contributed by atoms with Crippen molar-refractivity contribution in [3.63, 3.8) is 0 Å². The second kappa shape index (κ2) is 1.54. The van der Waals surface area contributed by atoms with E-state index in [1.807, 2.05) is 12.1 Å². The molecule has 0 aromatic carbocycles. The van der Waals surface area contributed by atoms with Crippen molar-refractivity contribution < 1.29 is 0 Å². The molecule has 2 heteroatoms. The summed E-state index contributed by atoms with van der Waals surface area (Å²) in [6.45, 7) is 3.12. The Morgan fingerprint density at radius 2 is 2.57 bits per heavy atom. The average molecular weight is 98.1 g/mol. The van der Waals surface area contributed by atoms with Crippen LogP contribution in [0, 0.1) is 0 Å². The zero-order chi connectivity index (χ0) is 5.28. The van der Waals surface area contributed by atoms with Gasteiger partial charge < -0.3 is 5.01 Å². The Hall–Kier alpha value is -0.500. The Morgan fingerprint density at radius 1 is 1.86 bits per heavy atom. The van der Waals surface area contributed by atoms with Crippen LogP contribution in [-0.2, 0) is 0 Å². The van der Waals surface area contributed by atoms with Crippen LogP contribution in [0.3, 0.4) is 0 Å². The molecule has 1 rings (SSSR count). The van der Waals surface area contributed by atoms with Crippen molar-refractivity contribution in [2.45, 2.75) is 6.92 Å². The second-order valence-electron chi connectivity index (χ2n) is 1.92. The van der Waals surface area contributed by atoms with Gasteiger partial charge in [0.25, 0.3) is 0 Å². The summed E-state index contributed by atoms with van der Waals surface area (Å²) in [5, 5.41) is 1.97. The SMILES string of the molecule is CC1=CN(C)NC1. The maximum atomic E-state index is 3.11. The van der Waals surface area contributed by atoms with Crippen LogP contribution in [0.15, 0.2) is 11.8 Å². The highest BCUT2D eigenvalue weighted by Crippen LogP contribution is 1.97. The van der Waals surface area contributed by atoms with E-state index in [0.29, 0.717) is 0 Å². The minimum absolute atomic E-state index is 1.01. The monoisotopic (exact) mass is 98.1 g/mol. The van der Waals surface area contributed by atoms with Crippen LogP contribution in [0.4, 0.5) is 0 Å². The van der Waals surface area contributed by atoms with Gasteiger partial charge in [0, 0.05) is 19.8 Å². The maximum absolute atomic E-state index is 3.11. The summed E-state index contributed by atoms with van der Waals surface area (Å²) in [6.07, 6.45) is 2.08. The van der Waals surface area contributed by atoms with Crippen molar-refractivity contribution >= 4 is 0 Å². The van der Waals surface area contributed by atoms with Crippen molar-refractivity contribution in [1.29, 1.82) is 0 Å². The van der Waals surface area contributed by atoms with Crippen molar-refractivity contribution in [3.05, 3.63) is 11.8 Å². The molecule has 0 radical (unpaired) electrons. The molecule has 1 N–H and O–H groups in total. The highest BCUT2D eigenvalue weighted by atomic mass is 15.5. The first kappa shape index (κ1) is 4.65. The van der Waals surface area contributed by atoms with E-state index in [9.17, 15) is 0 Å². The Labute approximate surface area is 43.8 Å². The van der Waals surface area contributed by atoms with Gasteiger partial charge in [-0.3, -0.25) is 0 Å². The topological polar surface area (TPSA) is 15.3 Å². The summed E-state index contributed by atoms with van der Waals surface area (Å²) in [4.78, 5) is 0. The summed E-state index contributed by atoms with van der Waals surface area (Å²) in [7, 11) is 2.00. The van der Waals surface area contributed by atoms with E-state index >= 15 is 0 Å². The van der Waals surface area contributed by atoms with Gasteiger partial charge in [-0.25, -0.2) is 5.43 Å². The Morgan fingerprint density at radius 3 is 2.71 bits per heavy atom. The van der Waals surface area contributed by atoms with E-state index in [1.165, 1.54) is 5.57 Å². The summed E-state index contributed by atoms with van der Waals surface area (Å²) < 4.78 is 0. The predicted molar refractivity (Wildman–Crippen MR) is 29.5 cm³/mol. The largest absolute Gasteiger partial charge is 0.318 e. The van der Waals surface area contributed by atoms with Gasteiger partial charge in [0.1, 0.15) is 0 Å². The number of hydrogen-bond donors (Lipinski definition) is 1. The highest BCUT2D eigenvalue weighted by Gasteiger charge is 1.99. The summed E-state index contributed by atoms with van der Waals surface area (Å²) in [6, 6.07) is 0. The fourth-order valence-electron chi connectivity index (χ4n) is 0.671. The van der Waals surface area contributed by atoms with Gasteiger partial charge in [-0.15, -0.1) is 0 Å². The van der Waals surface area contributed by atoms with E-state index in [1.54, 1.807) is 0 Å². The third kappa shape index (κ3) is 0.933. The van der Waals surface area contributed by atoms with Gasteiger partial charge in [0.15, 0.2) is 0 Å². The molecule has 0 bridgehead atoms. The normalized spacial score (nSPS) is 20.3. The maximum Gasteiger partial charge on any atom is 0.0375 e. The van der Waals surface area contributed by atoms with Gasteiger partial charge in [-0.05, 0) is 12.5 Å². The first-order chi connectivity index (χ1) is 3.29. The van der Waals surface area contributed by atoms with Crippen LogP contribution in [-0.4, -0.2) is 18.6 Å². The van der Waals surface area contributed by atoms with E-state index < -0.39 is 0 Å². The molecule has 7 heavy (non-hydrogen) atoms. The molecule has 0 saturated heterocycles. The number of hydrazine groups is 1. The van der Waals surface area contributed by atoms with Crippen LogP contribution in [0.5, 0.6) is 0 Å². The molecule has 0 aromatic heterocycles. The zero-order valence-electron chi connectivity index (χ0n) is 4.73. The molecule has 0 atom stereocenters. The standard InChI is InChI=1S/C5H10N2/c1-5-3-6-7(2)4-5/h4,6H,3H2,1-2H3. The van der Waals surface area contributed by atoms with Gasteiger partial charge in [-0.1, -0.05) is 0 Å². The molecule has 0 saturated carbocycles. The Balaban J connectivity index is 2.50. The molecule has 0 aromatic rings. The summed E-state index contributed by atoms with van der Waals surface area (Å²) in [5.41, 5.74) is 4.50. The minimum atomic E-state index is 1.01. The fraction of sp³-hybridized carbons (Fsp3) is 0.600. The third-order valence-corrected chi connectivity index (χ3v) is 1.02. The molecule has 40 valence electrons. The van der Waals surface area contributed by atoms with Crippen LogP contribution in [0.25, 0.3) is 0 Å². The Kier molecular flexibility index (Phi) is 1.02. The van der Waals surface area contributed by atoms with Crippen molar-refractivity contribution in [1.82, 2.24) is 10.4 Å². The number of rotatable bonds is 0. The lowest BCUT2D eigenvalue weighted by Crippen LogP contribution is -2.23. The smallest absolute Gasteiger partial charge is 0.0375 e. The molecular weight excluding hydrogens is 88.1 g/mol. The van der Waals surface area contributed by atoms with Gasteiger partial charge >= 0.3 is 0 Å². The van der Waals surface area contributed by atoms with Gasteiger partial charge in [0.2, 0.25) is 0 Å². The number of nitrogens with zero attached hydrogens (tertiary/aromatic N) is 1. The minimum Gasteiger partial charge on any atom is -0.318 e. The molecule has 1 heterocycles. The van der Waals surface area contributed by atoms with Gasteiger partial charge in [0.05, 0.1) is 0 Å². The number of nitrogens with one attached hydrogen (secondary N) is 1. The van der Waals surface area contributed by atoms with Crippen molar-refractivity contribution in [2.24, 2.45) is 0 Å². The van der Waals surface area contributed by atoms with Crippen molar-refractivity contribution in [3.8, 4) is 0 Å². The molecular formula is C5H10N2. The lowest BCUT2D eigenvalue weighted by Gasteiger charge is -2.04. The third-order valence-electron chi connectivity index (χ3n) is 1.02. The second-order valence-corrected chi connectivity index (χ2v) is 1.92. The fourth-order valence-corrected chi connectivity index (χ4v) is 0.671. The quantitative estimate of drug-likeness (QED) is 0.470. The summed E-state index contributed by atoms with van der Waals surface area (Å²) in [5.74, 6) is 0. The highest BCUT2D eigenvalue weighted by molar-refractivity contribution is 5.02. The Bertz CT molecular complexity index is 96.3. The van der Waals surface area contributed by atoms with E-state index in [-0.39, 0.29) is 0 Å². The average Bonchev–Trinajstić information content (AvgIpc) is 1.87. The molecule has 1 aliphatic heterocycles. The molecule has 0 aliphatic carbocycles. The van der Waals surface area contributed by atoms with Crippen molar-refractivity contribution in [2.75, 3.05) is 13.6 Å². The molecule has 0 unspecified atom stereocenters. The molecule has 0 fully saturated rings. The number of hydrogen-bond acceptors (Lipinski definition) is 2. The molecule has 0 spiro atoms. The lowest BCUT2D eigenvalue weighted by molar-refractivity contribution is 0.373.